The molecule has 3 nitrogen and oxygen atoms in total. The Bertz CT molecular complexity index is 179. The van der Waals surface area contributed by atoms with Gasteiger partial charge in [0.05, 0.1) is 13.0 Å². The summed E-state index contributed by atoms with van der Waals surface area (Å²) in [5, 5.41) is 0. The summed E-state index contributed by atoms with van der Waals surface area (Å²) in [6.07, 6.45) is 2.88. The first-order valence-corrected chi connectivity index (χ1v) is 5.67. The molecule has 1 aliphatic heterocycles. The third-order valence-electron chi connectivity index (χ3n) is 2.73. The van der Waals surface area contributed by atoms with E-state index in [0.29, 0.717) is 0 Å². The largest absolute Gasteiger partial charge is 0.469 e. The Hall–Kier alpha value is -0.280. The summed E-state index contributed by atoms with van der Waals surface area (Å²) in [6, 6.07) is 0. The van der Waals surface area contributed by atoms with Gasteiger partial charge in [0, 0.05) is 5.88 Å². The minimum Gasteiger partial charge on any atom is -0.469 e. The first-order chi connectivity index (χ1) is 6.77. The molecule has 82 valence electrons. The Morgan fingerprint density at radius 1 is 1.50 bits per heavy atom. The van der Waals surface area contributed by atoms with Crippen LogP contribution in [0.25, 0.3) is 0 Å². The van der Waals surface area contributed by atoms with Gasteiger partial charge in [-0.2, -0.15) is 0 Å². The van der Waals surface area contributed by atoms with E-state index < -0.39 is 0 Å². The summed E-state index contributed by atoms with van der Waals surface area (Å²) in [5.41, 5.74) is 0. The number of piperidine rings is 1. The summed E-state index contributed by atoms with van der Waals surface area (Å²) in [6.45, 7) is 3.05. The minimum absolute atomic E-state index is 0.0537. The van der Waals surface area contributed by atoms with Gasteiger partial charge in [0.15, 0.2) is 0 Å². The molecule has 1 aliphatic rings. The third-order valence-corrected chi connectivity index (χ3v) is 3.00. The second-order valence-corrected chi connectivity index (χ2v) is 4.06. The van der Waals surface area contributed by atoms with E-state index in [1.54, 1.807) is 0 Å². The number of hydrogen-bond donors (Lipinski definition) is 0. The molecule has 1 saturated heterocycles. The molecule has 0 aromatic heterocycles. The Morgan fingerprint density at radius 2 is 2.14 bits per heavy atom. The lowest BCUT2D eigenvalue weighted by Gasteiger charge is -2.30. The van der Waals surface area contributed by atoms with Gasteiger partial charge in [0.25, 0.3) is 0 Å². The van der Waals surface area contributed by atoms with Crippen LogP contribution < -0.4 is 0 Å². The van der Waals surface area contributed by atoms with E-state index in [1.165, 1.54) is 7.11 Å². The van der Waals surface area contributed by atoms with Gasteiger partial charge in [-0.15, -0.1) is 11.6 Å². The molecule has 0 aromatic rings. The maximum Gasteiger partial charge on any atom is 0.308 e. The Labute approximate surface area is 90.4 Å². The number of likely N-dealkylation sites (tertiary alicyclic amines) is 1. The number of esters is 1. The van der Waals surface area contributed by atoms with Gasteiger partial charge >= 0.3 is 5.97 Å². The number of alkyl halides is 1. The highest BCUT2D eigenvalue weighted by molar-refractivity contribution is 6.17. The fraction of sp³-hybridized carbons (Fsp3) is 0.900. The SMILES string of the molecule is COC(=O)C1CCN(CCCCl)CC1. The molecule has 0 atom stereocenters. The van der Waals surface area contributed by atoms with Crippen LogP contribution in [-0.2, 0) is 9.53 Å². The second kappa shape index (κ2) is 6.25. The van der Waals surface area contributed by atoms with Crippen molar-refractivity contribution in [1.29, 1.82) is 0 Å². The number of carbonyl (C=O) groups excluding carboxylic acids is 1. The minimum atomic E-state index is -0.0537. The van der Waals surface area contributed by atoms with E-state index in [1.807, 2.05) is 0 Å². The lowest BCUT2D eigenvalue weighted by atomic mass is 9.97. The molecule has 0 bridgehead atoms. The third kappa shape index (κ3) is 3.46. The molecule has 0 aliphatic carbocycles. The highest BCUT2D eigenvalue weighted by Crippen LogP contribution is 2.18. The lowest BCUT2D eigenvalue weighted by Crippen LogP contribution is -2.37. The molecular formula is C10H18ClNO2. The molecule has 14 heavy (non-hydrogen) atoms. The monoisotopic (exact) mass is 219 g/mol. The summed E-state index contributed by atoms with van der Waals surface area (Å²) < 4.78 is 4.73. The van der Waals surface area contributed by atoms with Gasteiger partial charge < -0.3 is 9.64 Å². The van der Waals surface area contributed by atoms with Crippen molar-refractivity contribution in [2.45, 2.75) is 19.3 Å². The van der Waals surface area contributed by atoms with Crippen molar-refractivity contribution in [3.63, 3.8) is 0 Å². The van der Waals surface area contributed by atoms with Crippen LogP contribution in [0.5, 0.6) is 0 Å². The number of carbonyl (C=O) groups is 1. The van der Waals surface area contributed by atoms with E-state index >= 15 is 0 Å². The fourth-order valence-corrected chi connectivity index (χ4v) is 1.96. The van der Waals surface area contributed by atoms with Crippen LogP contribution in [-0.4, -0.2) is 43.5 Å². The van der Waals surface area contributed by atoms with Crippen LogP contribution >= 0.6 is 11.6 Å². The van der Waals surface area contributed by atoms with Crippen molar-refractivity contribution < 1.29 is 9.53 Å². The first kappa shape index (κ1) is 11.8. The Kier molecular flexibility index (Phi) is 5.26. The van der Waals surface area contributed by atoms with Crippen molar-refractivity contribution in [2.24, 2.45) is 5.92 Å². The van der Waals surface area contributed by atoms with Gasteiger partial charge in [0.2, 0.25) is 0 Å². The van der Waals surface area contributed by atoms with Crippen LogP contribution in [0.4, 0.5) is 0 Å². The van der Waals surface area contributed by atoms with Crippen molar-refractivity contribution in [3.8, 4) is 0 Å². The topological polar surface area (TPSA) is 29.5 Å². The highest BCUT2D eigenvalue weighted by Gasteiger charge is 2.24. The highest BCUT2D eigenvalue weighted by atomic mass is 35.5. The molecule has 0 aromatic carbocycles. The maximum absolute atomic E-state index is 11.2. The van der Waals surface area contributed by atoms with E-state index in [4.69, 9.17) is 16.3 Å². The van der Waals surface area contributed by atoms with Gasteiger partial charge in [-0.3, -0.25) is 4.79 Å². The molecule has 1 heterocycles. The maximum atomic E-state index is 11.2. The quantitative estimate of drug-likeness (QED) is 0.530. The molecule has 1 fully saturated rings. The summed E-state index contributed by atoms with van der Waals surface area (Å²) in [4.78, 5) is 13.6. The predicted octanol–water partition coefficient (Wildman–Crippen LogP) is 1.50. The second-order valence-electron chi connectivity index (χ2n) is 3.68. The van der Waals surface area contributed by atoms with Crippen LogP contribution in [0.3, 0.4) is 0 Å². The molecule has 0 saturated carbocycles. The van der Waals surface area contributed by atoms with Crippen molar-refractivity contribution in [2.75, 3.05) is 32.6 Å². The molecule has 0 radical (unpaired) electrons. The standard InChI is InChI=1S/C10H18ClNO2/c1-14-10(13)9-3-7-12(8-4-9)6-2-5-11/h9H,2-8H2,1H3. The predicted molar refractivity (Wildman–Crippen MR) is 56.5 cm³/mol. The van der Waals surface area contributed by atoms with Crippen molar-refractivity contribution in [3.05, 3.63) is 0 Å². The normalized spacial score (nSPS) is 19.6. The van der Waals surface area contributed by atoms with E-state index in [9.17, 15) is 4.79 Å². The van der Waals surface area contributed by atoms with E-state index in [-0.39, 0.29) is 11.9 Å². The van der Waals surface area contributed by atoms with Crippen molar-refractivity contribution >= 4 is 17.6 Å². The smallest absolute Gasteiger partial charge is 0.308 e. The number of nitrogens with zero attached hydrogens (tertiary/aromatic N) is 1. The Balaban J connectivity index is 2.20. The van der Waals surface area contributed by atoms with E-state index in [0.717, 1.165) is 44.8 Å². The fourth-order valence-electron chi connectivity index (χ4n) is 1.84. The Morgan fingerprint density at radius 3 is 2.64 bits per heavy atom. The molecule has 1 rings (SSSR count). The summed E-state index contributed by atoms with van der Waals surface area (Å²) in [7, 11) is 1.46. The average molecular weight is 220 g/mol. The number of hydrogen-bond acceptors (Lipinski definition) is 3. The molecule has 0 amide bonds. The van der Waals surface area contributed by atoms with Gasteiger partial charge in [0.1, 0.15) is 0 Å². The van der Waals surface area contributed by atoms with Crippen LogP contribution in [0.2, 0.25) is 0 Å². The molecule has 0 N–H and O–H groups in total. The number of halogens is 1. The molecule has 0 spiro atoms. The van der Waals surface area contributed by atoms with Crippen molar-refractivity contribution in [1.82, 2.24) is 4.90 Å². The van der Waals surface area contributed by atoms with Gasteiger partial charge in [-0.25, -0.2) is 0 Å². The molecule has 0 unspecified atom stereocenters. The lowest BCUT2D eigenvalue weighted by molar-refractivity contribution is -0.147. The first-order valence-electron chi connectivity index (χ1n) is 5.14. The summed E-state index contributed by atoms with van der Waals surface area (Å²) >= 11 is 5.62. The van der Waals surface area contributed by atoms with Crippen LogP contribution in [0, 0.1) is 5.92 Å². The van der Waals surface area contributed by atoms with Crippen LogP contribution in [0.1, 0.15) is 19.3 Å². The number of methoxy groups -OCH3 is 1. The van der Waals surface area contributed by atoms with Crippen LogP contribution in [0.15, 0.2) is 0 Å². The zero-order valence-corrected chi connectivity index (χ0v) is 9.42. The van der Waals surface area contributed by atoms with Gasteiger partial charge in [-0.05, 0) is 38.9 Å². The van der Waals surface area contributed by atoms with E-state index in [2.05, 4.69) is 4.90 Å². The zero-order valence-electron chi connectivity index (χ0n) is 8.67. The average Bonchev–Trinajstić information content (AvgIpc) is 2.26. The number of rotatable bonds is 4. The summed E-state index contributed by atoms with van der Waals surface area (Å²) in [5.74, 6) is 0.783. The molecular weight excluding hydrogens is 202 g/mol. The van der Waals surface area contributed by atoms with Gasteiger partial charge in [-0.1, -0.05) is 0 Å². The molecule has 4 heteroatoms. The zero-order chi connectivity index (χ0) is 10.4. The number of ether oxygens (including phenoxy) is 1.